The van der Waals surface area contributed by atoms with Crippen molar-refractivity contribution in [1.82, 2.24) is 15.5 Å². The Hall–Kier alpha value is -0.340. The fraction of sp³-hybridized carbons (Fsp3) is 0.632. The molecule has 1 unspecified atom stereocenters. The average Bonchev–Trinajstić information content (AvgIpc) is 3.36. The summed E-state index contributed by atoms with van der Waals surface area (Å²) in [5.41, 5.74) is 1.71. The molecule has 0 bridgehead atoms. The van der Waals surface area contributed by atoms with Crippen molar-refractivity contribution in [2.45, 2.75) is 31.1 Å². The third-order valence-corrected chi connectivity index (χ3v) is 5.88. The van der Waals surface area contributed by atoms with Gasteiger partial charge in [0.25, 0.3) is 0 Å². The van der Waals surface area contributed by atoms with E-state index in [0.29, 0.717) is 0 Å². The third-order valence-electron chi connectivity index (χ3n) is 5.39. The highest BCUT2D eigenvalue weighted by Gasteiger charge is 2.44. The Balaban J connectivity index is 0.00000225. The first-order valence-electron chi connectivity index (χ1n) is 9.00. The van der Waals surface area contributed by atoms with Crippen molar-refractivity contribution < 1.29 is 0 Å². The number of piperidine rings is 1. The van der Waals surface area contributed by atoms with Crippen LogP contribution < -0.4 is 10.6 Å². The minimum Gasteiger partial charge on any atom is -0.356 e. The Labute approximate surface area is 177 Å². The van der Waals surface area contributed by atoms with Crippen molar-refractivity contribution in [2.75, 3.05) is 40.3 Å². The molecule has 0 spiro atoms. The summed E-state index contributed by atoms with van der Waals surface area (Å²) in [7, 11) is 4.08. The van der Waals surface area contributed by atoms with Gasteiger partial charge in [-0.3, -0.25) is 4.99 Å². The lowest BCUT2D eigenvalue weighted by Crippen LogP contribution is -2.45. The van der Waals surface area contributed by atoms with Crippen molar-refractivity contribution in [3.63, 3.8) is 0 Å². The average molecular weight is 521 g/mol. The summed E-state index contributed by atoms with van der Waals surface area (Å²) in [6.07, 6.45) is 5.12. The third kappa shape index (κ3) is 5.82. The van der Waals surface area contributed by atoms with Crippen molar-refractivity contribution in [1.29, 1.82) is 0 Å². The van der Waals surface area contributed by atoms with Crippen LogP contribution in [0.3, 0.4) is 0 Å². The van der Waals surface area contributed by atoms with Crippen LogP contribution in [0.25, 0.3) is 0 Å². The second kappa shape index (κ2) is 9.55. The smallest absolute Gasteiger partial charge is 0.191 e. The summed E-state index contributed by atoms with van der Waals surface area (Å²) in [6, 6.07) is 8.72. The maximum Gasteiger partial charge on any atom is 0.191 e. The Bertz CT molecular complexity index is 589. The maximum atomic E-state index is 4.41. The van der Waals surface area contributed by atoms with Crippen LogP contribution in [0.2, 0.25) is 0 Å². The fourth-order valence-corrected chi connectivity index (χ4v) is 4.09. The Morgan fingerprint density at radius 3 is 2.80 bits per heavy atom. The van der Waals surface area contributed by atoms with E-state index in [4.69, 9.17) is 0 Å². The molecule has 1 saturated carbocycles. The Kier molecular flexibility index (Phi) is 8.01. The molecule has 0 radical (unpaired) electrons. The molecule has 25 heavy (non-hydrogen) atoms. The van der Waals surface area contributed by atoms with Gasteiger partial charge >= 0.3 is 0 Å². The summed E-state index contributed by atoms with van der Waals surface area (Å²) in [5, 5.41) is 7.08. The Morgan fingerprint density at radius 2 is 2.16 bits per heavy atom. The second-order valence-corrected chi connectivity index (χ2v) is 8.28. The first-order valence-corrected chi connectivity index (χ1v) is 9.80. The zero-order valence-electron chi connectivity index (χ0n) is 15.2. The number of hydrogen-bond acceptors (Lipinski definition) is 2. The lowest BCUT2D eigenvalue weighted by molar-refractivity contribution is 0.210. The fourth-order valence-electron chi connectivity index (χ4n) is 3.69. The summed E-state index contributed by atoms with van der Waals surface area (Å²) < 4.78 is 1.16. The summed E-state index contributed by atoms with van der Waals surface area (Å²) in [6.45, 7) is 4.38. The molecule has 140 valence electrons. The van der Waals surface area contributed by atoms with Gasteiger partial charge in [-0.25, -0.2) is 0 Å². The van der Waals surface area contributed by atoms with Gasteiger partial charge in [0.2, 0.25) is 0 Å². The highest BCUT2D eigenvalue weighted by Crippen LogP contribution is 2.48. The summed E-state index contributed by atoms with van der Waals surface area (Å²) in [4.78, 5) is 6.83. The molecule has 1 atom stereocenters. The van der Waals surface area contributed by atoms with Gasteiger partial charge in [-0.2, -0.15) is 0 Å². The topological polar surface area (TPSA) is 39.7 Å². The number of likely N-dealkylation sites (tertiary alicyclic amines) is 1. The van der Waals surface area contributed by atoms with Gasteiger partial charge in [0.1, 0.15) is 0 Å². The van der Waals surface area contributed by atoms with Gasteiger partial charge in [0, 0.05) is 36.6 Å². The molecule has 2 N–H and O–H groups in total. The molecule has 1 aromatic rings. The molecule has 6 heteroatoms. The maximum absolute atomic E-state index is 4.41. The number of nitrogens with zero attached hydrogens (tertiary/aromatic N) is 2. The van der Waals surface area contributed by atoms with Crippen molar-refractivity contribution in [2.24, 2.45) is 10.9 Å². The quantitative estimate of drug-likeness (QED) is 0.354. The number of aliphatic imine (C=N–C) groups is 1. The molecule has 1 heterocycles. The van der Waals surface area contributed by atoms with Gasteiger partial charge in [-0.05, 0) is 62.9 Å². The number of rotatable bonds is 5. The molecule has 0 aromatic heterocycles. The molecule has 0 amide bonds. The number of nitrogens with one attached hydrogen (secondary N) is 2. The van der Waals surface area contributed by atoms with Crippen molar-refractivity contribution in [3.8, 4) is 0 Å². The van der Waals surface area contributed by atoms with E-state index < -0.39 is 0 Å². The molecule has 1 aliphatic heterocycles. The normalized spacial score (nSPS) is 22.8. The van der Waals surface area contributed by atoms with Gasteiger partial charge in [-0.1, -0.05) is 28.1 Å². The van der Waals surface area contributed by atoms with Crippen LogP contribution in [0.4, 0.5) is 0 Å². The zero-order valence-corrected chi connectivity index (χ0v) is 19.1. The van der Waals surface area contributed by atoms with Crippen molar-refractivity contribution >= 4 is 45.9 Å². The molecule has 1 aromatic carbocycles. The number of benzene rings is 1. The predicted octanol–water partition coefficient (Wildman–Crippen LogP) is 3.61. The van der Waals surface area contributed by atoms with Crippen LogP contribution in [-0.4, -0.2) is 51.1 Å². The lowest BCUT2D eigenvalue weighted by Gasteiger charge is -2.30. The molecular formula is C19H30BrIN4. The van der Waals surface area contributed by atoms with Crippen LogP contribution in [0.15, 0.2) is 33.7 Å². The van der Waals surface area contributed by atoms with Crippen LogP contribution >= 0.6 is 39.9 Å². The minimum absolute atomic E-state index is 0. The summed E-state index contributed by atoms with van der Waals surface area (Å²) >= 11 is 3.59. The van der Waals surface area contributed by atoms with Crippen molar-refractivity contribution in [3.05, 3.63) is 34.3 Å². The molecule has 4 nitrogen and oxygen atoms in total. The van der Waals surface area contributed by atoms with Gasteiger partial charge in [-0.15, -0.1) is 24.0 Å². The van der Waals surface area contributed by atoms with Crippen LogP contribution in [-0.2, 0) is 5.41 Å². The summed E-state index contributed by atoms with van der Waals surface area (Å²) in [5.74, 6) is 1.66. The largest absolute Gasteiger partial charge is 0.356 e. The zero-order chi connectivity index (χ0) is 17.0. The van der Waals surface area contributed by atoms with Crippen LogP contribution in [0.5, 0.6) is 0 Å². The van der Waals surface area contributed by atoms with E-state index in [2.05, 4.69) is 67.8 Å². The standard InChI is InChI=1S/C19H29BrN4.HI/c1-21-18(22-12-15-5-4-10-24(2)13-15)23-14-19(8-9-19)16-6-3-7-17(20)11-16;/h3,6-7,11,15H,4-5,8-10,12-14H2,1-2H3,(H2,21,22,23);1H. The molecule has 3 rings (SSSR count). The highest BCUT2D eigenvalue weighted by molar-refractivity contribution is 14.0. The van der Waals surface area contributed by atoms with Gasteiger partial charge < -0.3 is 15.5 Å². The van der Waals surface area contributed by atoms with Crippen LogP contribution in [0.1, 0.15) is 31.2 Å². The monoisotopic (exact) mass is 520 g/mol. The minimum atomic E-state index is 0. The number of hydrogen-bond donors (Lipinski definition) is 2. The molecule has 2 aliphatic rings. The van der Waals surface area contributed by atoms with E-state index in [1.807, 2.05) is 7.05 Å². The SMILES string of the molecule is CN=C(NCC1CCCN(C)C1)NCC1(c2cccc(Br)c2)CC1.I. The second-order valence-electron chi connectivity index (χ2n) is 7.37. The van der Waals surface area contributed by atoms with E-state index in [-0.39, 0.29) is 29.4 Å². The van der Waals surface area contributed by atoms with E-state index >= 15 is 0 Å². The highest BCUT2D eigenvalue weighted by atomic mass is 127. The molecule has 2 fully saturated rings. The first-order chi connectivity index (χ1) is 11.6. The van der Waals surface area contributed by atoms with E-state index in [1.165, 1.54) is 44.3 Å². The lowest BCUT2D eigenvalue weighted by atomic mass is 9.96. The van der Waals surface area contributed by atoms with E-state index in [0.717, 1.165) is 29.4 Å². The van der Waals surface area contributed by atoms with Crippen LogP contribution in [0, 0.1) is 5.92 Å². The van der Waals surface area contributed by atoms with Gasteiger partial charge in [0.05, 0.1) is 0 Å². The number of guanidine groups is 1. The predicted molar refractivity (Wildman–Crippen MR) is 120 cm³/mol. The first kappa shape index (κ1) is 21.0. The van der Waals surface area contributed by atoms with E-state index in [9.17, 15) is 0 Å². The molecule has 1 saturated heterocycles. The number of halogens is 2. The molecular weight excluding hydrogens is 491 g/mol. The molecule has 1 aliphatic carbocycles. The Morgan fingerprint density at radius 1 is 1.36 bits per heavy atom. The van der Waals surface area contributed by atoms with E-state index in [1.54, 1.807) is 0 Å². The van der Waals surface area contributed by atoms with Gasteiger partial charge in [0.15, 0.2) is 5.96 Å².